The van der Waals surface area contributed by atoms with Crippen LogP contribution in [0.5, 0.6) is 0 Å². The van der Waals surface area contributed by atoms with E-state index in [4.69, 9.17) is 11.6 Å². The van der Waals surface area contributed by atoms with E-state index in [1.165, 1.54) is 0 Å². The van der Waals surface area contributed by atoms with Crippen molar-refractivity contribution >= 4 is 17.4 Å². The second-order valence-corrected chi connectivity index (χ2v) is 3.64. The number of aromatic nitrogens is 1. The number of alkyl halides is 1. The summed E-state index contributed by atoms with van der Waals surface area (Å²) < 4.78 is 0. The fourth-order valence-electron chi connectivity index (χ4n) is 1.47. The summed E-state index contributed by atoms with van der Waals surface area (Å²) >= 11 is 5.99. The molecule has 1 aliphatic rings. The van der Waals surface area contributed by atoms with Crippen LogP contribution in [0.15, 0.2) is 24.4 Å². The molecule has 1 fully saturated rings. The molecule has 0 spiro atoms. The number of rotatable bonds is 1. The van der Waals surface area contributed by atoms with Gasteiger partial charge in [-0.25, -0.2) is 4.98 Å². The molecule has 3 heteroatoms. The maximum atomic E-state index is 5.99. The number of hydrogen-bond donors (Lipinski definition) is 0. The quantitative estimate of drug-likeness (QED) is 0.617. The molecule has 0 N–H and O–H groups in total. The van der Waals surface area contributed by atoms with Crippen molar-refractivity contribution in [2.45, 2.75) is 11.8 Å². The van der Waals surface area contributed by atoms with E-state index in [0.29, 0.717) is 5.38 Å². The zero-order chi connectivity index (χ0) is 8.39. The first-order valence-corrected chi connectivity index (χ1v) is 4.60. The molecule has 1 unspecified atom stereocenters. The molecule has 64 valence electrons. The molecule has 1 saturated heterocycles. The summed E-state index contributed by atoms with van der Waals surface area (Å²) in [6, 6.07) is 5.95. The molecule has 0 bridgehead atoms. The van der Waals surface area contributed by atoms with Crippen LogP contribution in [-0.2, 0) is 0 Å². The molecule has 2 heterocycles. The second-order valence-electron chi connectivity index (χ2n) is 3.02. The van der Waals surface area contributed by atoms with Gasteiger partial charge in [0, 0.05) is 19.3 Å². The predicted octanol–water partition coefficient (Wildman–Crippen LogP) is 1.90. The fourth-order valence-corrected chi connectivity index (χ4v) is 1.73. The lowest BCUT2D eigenvalue weighted by Crippen LogP contribution is -2.20. The Balaban J connectivity index is 2.11. The third-order valence-corrected chi connectivity index (χ3v) is 2.46. The predicted molar refractivity (Wildman–Crippen MR) is 50.7 cm³/mol. The highest BCUT2D eigenvalue weighted by molar-refractivity contribution is 6.21. The molecule has 12 heavy (non-hydrogen) atoms. The summed E-state index contributed by atoms with van der Waals surface area (Å²) in [6.45, 7) is 1.96. The molecule has 0 saturated carbocycles. The third-order valence-electron chi connectivity index (χ3n) is 2.10. The van der Waals surface area contributed by atoms with Crippen molar-refractivity contribution in [3.63, 3.8) is 0 Å². The van der Waals surface area contributed by atoms with Crippen molar-refractivity contribution in [2.75, 3.05) is 18.0 Å². The van der Waals surface area contributed by atoms with Crippen LogP contribution in [0.4, 0.5) is 5.82 Å². The zero-order valence-electron chi connectivity index (χ0n) is 6.78. The number of halogens is 1. The van der Waals surface area contributed by atoms with E-state index in [1.807, 2.05) is 24.4 Å². The first-order chi connectivity index (χ1) is 5.86. The lowest BCUT2D eigenvalue weighted by atomic mass is 10.4. The van der Waals surface area contributed by atoms with Gasteiger partial charge in [-0.05, 0) is 18.6 Å². The maximum absolute atomic E-state index is 5.99. The topological polar surface area (TPSA) is 16.1 Å². The number of anilines is 1. The summed E-state index contributed by atoms with van der Waals surface area (Å²) in [5, 5.41) is 0.298. The number of hydrogen-bond acceptors (Lipinski definition) is 2. The third kappa shape index (κ3) is 1.53. The molecule has 1 aromatic heterocycles. The molecule has 1 aliphatic heterocycles. The van der Waals surface area contributed by atoms with Crippen molar-refractivity contribution in [1.82, 2.24) is 4.98 Å². The van der Waals surface area contributed by atoms with Crippen LogP contribution in [-0.4, -0.2) is 23.5 Å². The largest absolute Gasteiger partial charge is 0.355 e. The van der Waals surface area contributed by atoms with Crippen molar-refractivity contribution in [2.24, 2.45) is 0 Å². The van der Waals surface area contributed by atoms with Crippen LogP contribution in [0.25, 0.3) is 0 Å². The van der Waals surface area contributed by atoms with Gasteiger partial charge in [-0.15, -0.1) is 11.6 Å². The Morgan fingerprint density at radius 3 is 3.00 bits per heavy atom. The number of nitrogens with zero attached hydrogens (tertiary/aromatic N) is 2. The summed E-state index contributed by atoms with van der Waals surface area (Å²) in [6.07, 6.45) is 2.88. The molecular formula is C9H11ClN2. The van der Waals surface area contributed by atoms with Crippen molar-refractivity contribution < 1.29 is 0 Å². The van der Waals surface area contributed by atoms with E-state index in [2.05, 4.69) is 9.88 Å². The highest BCUT2D eigenvalue weighted by atomic mass is 35.5. The second kappa shape index (κ2) is 3.31. The SMILES string of the molecule is ClC1CCN(c2ccccn2)C1. The molecule has 0 aliphatic carbocycles. The molecular weight excluding hydrogens is 172 g/mol. The Kier molecular flexibility index (Phi) is 2.17. The van der Waals surface area contributed by atoms with Crippen molar-refractivity contribution in [3.05, 3.63) is 24.4 Å². The molecule has 0 aromatic carbocycles. The normalized spacial score (nSPS) is 23.1. The summed E-state index contributed by atoms with van der Waals surface area (Å²) in [5.74, 6) is 1.04. The van der Waals surface area contributed by atoms with Crippen LogP contribution >= 0.6 is 11.6 Å². The van der Waals surface area contributed by atoms with Gasteiger partial charge in [-0.3, -0.25) is 0 Å². The van der Waals surface area contributed by atoms with Crippen LogP contribution in [0.3, 0.4) is 0 Å². The lowest BCUT2D eigenvalue weighted by molar-refractivity contribution is 0.938. The fraction of sp³-hybridized carbons (Fsp3) is 0.444. The lowest BCUT2D eigenvalue weighted by Gasteiger charge is -2.15. The Labute approximate surface area is 77.2 Å². The average Bonchev–Trinajstić information content (AvgIpc) is 2.54. The van der Waals surface area contributed by atoms with Crippen LogP contribution in [0.1, 0.15) is 6.42 Å². The van der Waals surface area contributed by atoms with Gasteiger partial charge in [0.05, 0.1) is 5.38 Å². The Morgan fingerprint density at radius 1 is 1.50 bits per heavy atom. The Bertz CT molecular complexity index is 250. The Morgan fingerprint density at radius 2 is 2.42 bits per heavy atom. The maximum Gasteiger partial charge on any atom is 0.128 e. The minimum Gasteiger partial charge on any atom is -0.355 e. The van der Waals surface area contributed by atoms with Gasteiger partial charge in [0.25, 0.3) is 0 Å². The summed E-state index contributed by atoms with van der Waals surface area (Å²) in [4.78, 5) is 6.48. The van der Waals surface area contributed by atoms with Crippen molar-refractivity contribution in [1.29, 1.82) is 0 Å². The van der Waals surface area contributed by atoms with E-state index in [0.717, 1.165) is 25.3 Å². The van der Waals surface area contributed by atoms with Gasteiger partial charge in [0.15, 0.2) is 0 Å². The number of pyridine rings is 1. The van der Waals surface area contributed by atoms with Gasteiger partial charge in [0.2, 0.25) is 0 Å². The van der Waals surface area contributed by atoms with Crippen LogP contribution in [0, 0.1) is 0 Å². The zero-order valence-corrected chi connectivity index (χ0v) is 7.54. The van der Waals surface area contributed by atoms with Gasteiger partial charge >= 0.3 is 0 Å². The van der Waals surface area contributed by atoms with Gasteiger partial charge in [0.1, 0.15) is 5.82 Å². The van der Waals surface area contributed by atoms with Crippen LogP contribution < -0.4 is 4.90 Å². The van der Waals surface area contributed by atoms with E-state index in [9.17, 15) is 0 Å². The van der Waals surface area contributed by atoms with E-state index < -0.39 is 0 Å². The first kappa shape index (κ1) is 7.87. The van der Waals surface area contributed by atoms with E-state index >= 15 is 0 Å². The van der Waals surface area contributed by atoms with E-state index in [1.54, 1.807) is 0 Å². The highest BCUT2D eigenvalue weighted by Gasteiger charge is 2.20. The minimum absolute atomic E-state index is 0.298. The van der Waals surface area contributed by atoms with Crippen LogP contribution in [0.2, 0.25) is 0 Å². The van der Waals surface area contributed by atoms with Gasteiger partial charge in [-0.1, -0.05) is 6.07 Å². The minimum atomic E-state index is 0.298. The molecule has 0 radical (unpaired) electrons. The first-order valence-electron chi connectivity index (χ1n) is 4.16. The summed E-state index contributed by atoms with van der Waals surface area (Å²) in [7, 11) is 0. The Hall–Kier alpha value is -0.760. The van der Waals surface area contributed by atoms with E-state index in [-0.39, 0.29) is 0 Å². The molecule has 2 rings (SSSR count). The standard InChI is InChI=1S/C9H11ClN2/c10-8-4-6-12(7-8)9-3-1-2-5-11-9/h1-3,5,8H,4,6-7H2. The summed E-state index contributed by atoms with van der Waals surface area (Å²) in [5.41, 5.74) is 0. The molecule has 0 amide bonds. The molecule has 1 aromatic rings. The molecule has 1 atom stereocenters. The monoisotopic (exact) mass is 182 g/mol. The molecule has 2 nitrogen and oxygen atoms in total. The van der Waals surface area contributed by atoms with Crippen molar-refractivity contribution in [3.8, 4) is 0 Å². The highest BCUT2D eigenvalue weighted by Crippen LogP contribution is 2.20. The van der Waals surface area contributed by atoms with Gasteiger partial charge < -0.3 is 4.90 Å². The average molecular weight is 183 g/mol. The van der Waals surface area contributed by atoms with Gasteiger partial charge in [-0.2, -0.15) is 0 Å². The smallest absolute Gasteiger partial charge is 0.128 e.